The summed E-state index contributed by atoms with van der Waals surface area (Å²) >= 11 is 11.9. The van der Waals surface area contributed by atoms with E-state index in [1.165, 1.54) is 13.3 Å². The van der Waals surface area contributed by atoms with Gasteiger partial charge in [0.05, 0.1) is 36.6 Å². The normalized spacial score (nSPS) is 15.2. The molecule has 12 heteroatoms. The molecule has 2 aromatic rings. The number of nitrogens with one attached hydrogen (secondary N) is 3. The minimum absolute atomic E-state index is 0.186. The molecule has 0 aromatic heterocycles. The quantitative estimate of drug-likeness (QED) is 0.255. The standard InChI is InChI=1S/C24H24Cl2N4O6/c1-4-35-23(32)21-13(2)28-24(33)29-22(21)14-6-8-18(19(9-14)34-3)36-12-20(31)30-27-11-15-5-7-16(25)10-17(15)26/h5-11,22H,4,12H2,1-3H3,(H,30,31)(H2,28,29,33)/b27-11-/t22-/m0/s1. The Balaban J connectivity index is 1.69. The van der Waals surface area contributed by atoms with Crippen LogP contribution in [-0.4, -0.2) is 44.4 Å². The number of benzene rings is 2. The smallest absolute Gasteiger partial charge is 0.338 e. The molecule has 36 heavy (non-hydrogen) atoms. The van der Waals surface area contributed by atoms with Gasteiger partial charge in [0.15, 0.2) is 18.1 Å². The number of allylic oxidation sites excluding steroid dienone is 1. The number of urea groups is 1. The molecule has 0 saturated heterocycles. The number of ether oxygens (including phenoxy) is 3. The van der Waals surface area contributed by atoms with Crippen molar-refractivity contribution in [1.29, 1.82) is 0 Å². The molecule has 0 spiro atoms. The average molecular weight is 535 g/mol. The highest BCUT2D eigenvalue weighted by Gasteiger charge is 2.32. The molecular weight excluding hydrogens is 511 g/mol. The fourth-order valence-electron chi connectivity index (χ4n) is 3.36. The zero-order valence-electron chi connectivity index (χ0n) is 19.7. The third kappa shape index (κ3) is 6.67. The van der Waals surface area contributed by atoms with E-state index in [0.29, 0.717) is 32.6 Å². The fourth-order valence-corrected chi connectivity index (χ4v) is 3.82. The second kappa shape index (κ2) is 12.3. The van der Waals surface area contributed by atoms with Gasteiger partial charge in [-0.3, -0.25) is 4.79 Å². The molecule has 0 radical (unpaired) electrons. The van der Waals surface area contributed by atoms with Crippen molar-refractivity contribution in [3.63, 3.8) is 0 Å². The van der Waals surface area contributed by atoms with Gasteiger partial charge in [0, 0.05) is 16.3 Å². The van der Waals surface area contributed by atoms with Gasteiger partial charge in [0.25, 0.3) is 5.91 Å². The molecule has 1 atom stereocenters. The number of amides is 3. The number of hydrogen-bond donors (Lipinski definition) is 3. The first-order valence-corrected chi connectivity index (χ1v) is 11.5. The highest BCUT2D eigenvalue weighted by molar-refractivity contribution is 6.36. The molecule has 3 rings (SSSR count). The van der Waals surface area contributed by atoms with Crippen LogP contribution in [0.2, 0.25) is 10.0 Å². The van der Waals surface area contributed by atoms with E-state index in [1.54, 1.807) is 50.2 Å². The molecule has 0 bridgehead atoms. The predicted molar refractivity (Wildman–Crippen MR) is 134 cm³/mol. The number of carbonyl (C=O) groups is 3. The Hall–Kier alpha value is -3.76. The van der Waals surface area contributed by atoms with E-state index in [4.69, 9.17) is 37.4 Å². The van der Waals surface area contributed by atoms with Gasteiger partial charge in [-0.05, 0) is 43.7 Å². The SMILES string of the molecule is CCOC(=O)C1=C(C)NC(=O)N[C@H]1c1ccc(OCC(=O)N/N=C\c2ccc(Cl)cc2Cl)c(OC)c1. The number of halogens is 2. The van der Waals surface area contributed by atoms with Gasteiger partial charge in [0.2, 0.25) is 0 Å². The van der Waals surface area contributed by atoms with Crippen molar-refractivity contribution in [2.24, 2.45) is 5.10 Å². The zero-order chi connectivity index (χ0) is 26.2. The van der Waals surface area contributed by atoms with Crippen LogP contribution in [0.4, 0.5) is 4.79 Å². The van der Waals surface area contributed by atoms with Crippen molar-refractivity contribution >= 4 is 47.3 Å². The van der Waals surface area contributed by atoms with Crippen LogP contribution in [0.3, 0.4) is 0 Å². The molecule has 0 unspecified atom stereocenters. The Bertz CT molecular complexity index is 1230. The average Bonchev–Trinajstić information content (AvgIpc) is 2.83. The maximum atomic E-state index is 12.5. The summed E-state index contributed by atoms with van der Waals surface area (Å²) in [5, 5.41) is 10.0. The molecule has 0 fully saturated rings. The Morgan fingerprint density at radius 2 is 1.94 bits per heavy atom. The van der Waals surface area contributed by atoms with Gasteiger partial charge in [0.1, 0.15) is 0 Å². The number of nitrogens with zero attached hydrogens (tertiary/aromatic N) is 1. The molecule has 190 valence electrons. The number of carbonyl (C=O) groups excluding carboxylic acids is 3. The van der Waals surface area contributed by atoms with Crippen LogP contribution >= 0.6 is 23.2 Å². The molecule has 1 heterocycles. The highest BCUT2D eigenvalue weighted by Crippen LogP contribution is 2.34. The third-order valence-corrected chi connectivity index (χ3v) is 5.56. The van der Waals surface area contributed by atoms with Gasteiger partial charge in [-0.1, -0.05) is 35.3 Å². The van der Waals surface area contributed by atoms with E-state index in [2.05, 4.69) is 21.2 Å². The predicted octanol–water partition coefficient (Wildman–Crippen LogP) is 3.72. The lowest BCUT2D eigenvalue weighted by molar-refractivity contribution is -0.139. The molecule has 10 nitrogen and oxygen atoms in total. The van der Waals surface area contributed by atoms with Crippen molar-refractivity contribution in [1.82, 2.24) is 16.1 Å². The zero-order valence-corrected chi connectivity index (χ0v) is 21.2. The number of rotatable bonds is 9. The maximum Gasteiger partial charge on any atom is 0.338 e. The summed E-state index contributed by atoms with van der Waals surface area (Å²) in [5.74, 6) is -0.495. The molecule has 3 amide bonds. The van der Waals surface area contributed by atoms with E-state index >= 15 is 0 Å². The van der Waals surface area contributed by atoms with Crippen molar-refractivity contribution in [2.75, 3.05) is 20.3 Å². The molecule has 1 aliphatic heterocycles. The van der Waals surface area contributed by atoms with Gasteiger partial charge < -0.3 is 24.8 Å². The second-order valence-corrected chi connectivity index (χ2v) is 8.29. The lowest BCUT2D eigenvalue weighted by Crippen LogP contribution is -2.45. The van der Waals surface area contributed by atoms with Crippen LogP contribution in [0.5, 0.6) is 11.5 Å². The number of methoxy groups -OCH3 is 1. The Kier molecular flexibility index (Phi) is 9.15. The summed E-state index contributed by atoms with van der Waals surface area (Å²) in [6.07, 6.45) is 1.38. The van der Waals surface area contributed by atoms with Gasteiger partial charge in [-0.2, -0.15) is 5.10 Å². The van der Waals surface area contributed by atoms with Crippen LogP contribution in [0.25, 0.3) is 0 Å². The van der Waals surface area contributed by atoms with Crippen molar-refractivity contribution in [3.05, 3.63) is 68.8 Å². The van der Waals surface area contributed by atoms with Crippen LogP contribution < -0.4 is 25.5 Å². The van der Waals surface area contributed by atoms with Gasteiger partial charge in [-0.25, -0.2) is 15.0 Å². The Morgan fingerprint density at radius 1 is 1.17 bits per heavy atom. The number of hydrazone groups is 1. The van der Waals surface area contributed by atoms with Crippen molar-refractivity contribution < 1.29 is 28.6 Å². The topological polar surface area (TPSA) is 127 Å². The minimum atomic E-state index is -0.766. The van der Waals surface area contributed by atoms with Gasteiger partial charge >= 0.3 is 12.0 Å². The van der Waals surface area contributed by atoms with E-state index < -0.39 is 23.9 Å². The summed E-state index contributed by atoms with van der Waals surface area (Å²) in [5.41, 5.74) is 4.14. The largest absolute Gasteiger partial charge is 0.493 e. The highest BCUT2D eigenvalue weighted by atomic mass is 35.5. The lowest BCUT2D eigenvalue weighted by Gasteiger charge is -2.28. The maximum absolute atomic E-state index is 12.5. The van der Waals surface area contributed by atoms with Crippen LogP contribution in [0, 0.1) is 0 Å². The van der Waals surface area contributed by atoms with E-state index in [-0.39, 0.29) is 24.5 Å². The number of esters is 1. The van der Waals surface area contributed by atoms with E-state index in [0.717, 1.165) is 0 Å². The molecule has 0 aliphatic carbocycles. The van der Waals surface area contributed by atoms with Crippen LogP contribution in [0.15, 0.2) is 52.8 Å². The summed E-state index contributed by atoms with van der Waals surface area (Å²) in [6, 6.07) is 8.49. The van der Waals surface area contributed by atoms with E-state index in [1.807, 2.05) is 0 Å². The Morgan fingerprint density at radius 3 is 2.64 bits per heavy atom. The first-order valence-electron chi connectivity index (χ1n) is 10.8. The van der Waals surface area contributed by atoms with Crippen LogP contribution in [0.1, 0.15) is 31.0 Å². The molecule has 3 N–H and O–H groups in total. The van der Waals surface area contributed by atoms with Gasteiger partial charge in [-0.15, -0.1) is 0 Å². The summed E-state index contributed by atoms with van der Waals surface area (Å²) in [6.45, 7) is 3.15. The lowest BCUT2D eigenvalue weighted by atomic mass is 9.95. The third-order valence-electron chi connectivity index (χ3n) is 5.00. The summed E-state index contributed by atoms with van der Waals surface area (Å²) in [4.78, 5) is 36.7. The van der Waals surface area contributed by atoms with E-state index in [9.17, 15) is 14.4 Å². The molecule has 2 aromatic carbocycles. The minimum Gasteiger partial charge on any atom is -0.493 e. The fraction of sp³-hybridized carbons (Fsp3) is 0.250. The molecule has 0 saturated carbocycles. The monoisotopic (exact) mass is 534 g/mol. The summed E-state index contributed by atoms with van der Waals surface area (Å²) < 4.78 is 16.1. The number of hydrogen-bond acceptors (Lipinski definition) is 7. The summed E-state index contributed by atoms with van der Waals surface area (Å²) in [7, 11) is 1.43. The van der Waals surface area contributed by atoms with Crippen molar-refractivity contribution in [3.8, 4) is 11.5 Å². The van der Waals surface area contributed by atoms with Crippen LogP contribution in [-0.2, 0) is 14.3 Å². The first kappa shape index (κ1) is 26.8. The molecular formula is C24H24Cl2N4O6. The second-order valence-electron chi connectivity index (χ2n) is 7.45. The molecule has 1 aliphatic rings. The first-order chi connectivity index (χ1) is 17.2. The Labute approximate surface area is 217 Å². The van der Waals surface area contributed by atoms with Crippen molar-refractivity contribution in [2.45, 2.75) is 19.9 Å².